The van der Waals surface area contributed by atoms with Crippen molar-refractivity contribution >= 4 is 23.7 Å². The summed E-state index contributed by atoms with van der Waals surface area (Å²) in [6, 6.07) is 34.8. The van der Waals surface area contributed by atoms with Gasteiger partial charge in [0, 0.05) is 16.2 Å². The summed E-state index contributed by atoms with van der Waals surface area (Å²) in [4.78, 5) is 13.6. The van der Waals surface area contributed by atoms with E-state index in [2.05, 4.69) is 5.09 Å². The third-order valence-corrected chi connectivity index (χ3v) is 7.92. The SMILES string of the molecule is Cc1cccc(C(NP(=O)(c2ccccc2)c2ccccc2)C(=O)c2ccccc2)c1. The van der Waals surface area contributed by atoms with Crippen molar-refractivity contribution in [3.05, 3.63) is 132 Å². The largest absolute Gasteiger partial charge is 0.296 e. The lowest BCUT2D eigenvalue weighted by Crippen LogP contribution is -2.34. The number of hydrogen-bond donors (Lipinski definition) is 1. The van der Waals surface area contributed by atoms with Crippen LogP contribution in [0.1, 0.15) is 27.5 Å². The average molecular weight is 425 g/mol. The van der Waals surface area contributed by atoms with Crippen LogP contribution < -0.4 is 15.7 Å². The van der Waals surface area contributed by atoms with Crippen LogP contribution in [0.3, 0.4) is 0 Å². The lowest BCUT2D eigenvalue weighted by Gasteiger charge is -2.27. The van der Waals surface area contributed by atoms with Crippen LogP contribution in [-0.4, -0.2) is 5.78 Å². The molecule has 0 amide bonds. The van der Waals surface area contributed by atoms with Crippen LogP contribution in [0.2, 0.25) is 0 Å². The highest BCUT2D eigenvalue weighted by Gasteiger charge is 2.34. The molecule has 1 N–H and O–H groups in total. The monoisotopic (exact) mass is 425 g/mol. The van der Waals surface area contributed by atoms with Gasteiger partial charge in [0.05, 0.1) is 0 Å². The Morgan fingerprint density at radius 1 is 0.710 bits per heavy atom. The fraction of sp³-hybridized carbons (Fsp3) is 0.0741. The van der Waals surface area contributed by atoms with Crippen LogP contribution in [-0.2, 0) is 4.57 Å². The molecule has 0 aliphatic heterocycles. The number of ketones is 1. The van der Waals surface area contributed by atoms with Gasteiger partial charge in [0.1, 0.15) is 6.04 Å². The van der Waals surface area contributed by atoms with Gasteiger partial charge in [-0.1, -0.05) is 96.6 Å². The van der Waals surface area contributed by atoms with Gasteiger partial charge in [0.25, 0.3) is 0 Å². The molecule has 0 saturated carbocycles. The molecule has 31 heavy (non-hydrogen) atoms. The summed E-state index contributed by atoms with van der Waals surface area (Å²) in [7, 11) is -3.31. The smallest absolute Gasteiger partial charge is 0.205 e. The Morgan fingerprint density at radius 2 is 1.23 bits per heavy atom. The van der Waals surface area contributed by atoms with Crippen LogP contribution in [0.4, 0.5) is 0 Å². The van der Waals surface area contributed by atoms with Gasteiger partial charge < -0.3 is 0 Å². The molecule has 0 fully saturated rings. The Hall–Kier alpha value is -3.26. The molecule has 0 aliphatic rings. The molecule has 1 unspecified atom stereocenters. The van der Waals surface area contributed by atoms with Crippen LogP contribution >= 0.6 is 7.29 Å². The van der Waals surface area contributed by atoms with Crippen molar-refractivity contribution in [2.45, 2.75) is 13.0 Å². The average Bonchev–Trinajstić information content (AvgIpc) is 2.83. The predicted molar refractivity (Wildman–Crippen MR) is 128 cm³/mol. The Morgan fingerprint density at radius 3 is 1.74 bits per heavy atom. The summed E-state index contributed by atoms with van der Waals surface area (Å²) in [5.41, 5.74) is 2.41. The van der Waals surface area contributed by atoms with E-state index in [4.69, 9.17) is 0 Å². The first kappa shape index (κ1) is 21.0. The van der Waals surface area contributed by atoms with E-state index in [9.17, 15) is 9.36 Å². The number of nitrogens with one attached hydrogen (secondary N) is 1. The van der Waals surface area contributed by atoms with E-state index in [1.165, 1.54) is 0 Å². The van der Waals surface area contributed by atoms with Gasteiger partial charge in [0.15, 0.2) is 5.78 Å². The molecule has 0 radical (unpaired) electrons. The fourth-order valence-electron chi connectivity index (χ4n) is 3.66. The zero-order valence-corrected chi connectivity index (χ0v) is 18.2. The highest BCUT2D eigenvalue weighted by Crippen LogP contribution is 2.42. The minimum Gasteiger partial charge on any atom is -0.296 e. The van der Waals surface area contributed by atoms with E-state index in [0.717, 1.165) is 11.1 Å². The minimum atomic E-state index is -3.31. The second kappa shape index (κ2) is 9.26. The number of carbonyl (C=O) groups excluding carboxylic acids is 1. The number of aryl methyl sites for hydroxylation is 1. The Kier molecular flexibility index (Phi) is 6.27. The summed E-state index contributed by atoms with van der Waals surface area (Å²) in [6.07, 6.45) is 0. The molecule has 0 aliphatic carbocycles. The van der Waals surface area contributed by atoms with Crippen LogP contribution in [0, 0.1) is 6.92 Å². The maximum atomic E-state index is 14.6. The second-order valence-electron chi connectivity index (χ2n) is 7.49. The van der Waals surface area contributed by atoms with Crippen LogP contribution in [0.25, 0.3) is 0 Å². The molecule has 0 heterocycles. The first-order chi connectivity index (χ1) is 15.1. The number of rotatable bonds is 7. The van der Waals surface area contributed by atoms with E-state index in [-0.39, 0.29) is 5.78 Å². The van der Waals surface area contributed by atoms with E-state index in [0.29, 0.717) is 16.2 Å². The van der Waals surface area contributed by atoms with Gasteiger partial charge in [-0.25, -0.2) is 5.09 Å². The first-order valence-electron chi connectivity index (χ1n) is 10.2. The molecule has 3 nitrogen and oxygen atoms in total. The lowest BCUT2D eigenvalue weighted by molar-refractivity contribution is 0.0954. The molecule has 0 bridgehead atoms. The number of carbonyl (C=O) groups is 1. The summed E-state index contributed by atoms with van der Waals surface area (Å²) < 4.78 is 14.6. The van der Waals surface area contributed by atoms with Crippen molar-refractivity contribution in [2.24, 2.45) is 0 Å². The number of hydrogen-bond acceptors (Lipinski definition) is 2. The molecule has 154 valence electrons. The topological polar surface area (TPSA) is 46.2 Å². The van der Waals surface area contributed by atoms with Crippen molar-refractivity contribution in [1.29, 1.82) is 0 Å². The summed E-state index contributed by atoms with van der Waals surface area (Å²) in [5.74, 6) is -0.113. The van der Waals surface area contributed by atoms with E-state index in [1.54, 1.807) is 12.1 Å². The third kappa shape index (κ3) is 4.59. The summed E-state index contributed by atoms with van der Waals surface area (Å²) in [5, 5.41) is 4.64. The maximum absolute atomic E-state index is 14.6. The maximum Gasteiger partial charge on any atom is 0.205 e. The first-order valence-corrected chi connectivity index (χ1v) is 11.9. The van der Waals surface area contributed by atoms with Crippen LogP contribution in [0.15, 0.2) is 115 Å². The predicted octanol–water partition coefficient (Wildman–Crippen LogP) is 5.44. The normalized spacial score (nSPS) is 12.3. The molecule has 4 aromatic rings. The van der Waals surface area contributed by atoms with Gasteiger partial charge in [-0.2, -0.15) is 0 Å². The molecule has 4 aromatic carbocycles. The summed E-state index contributed by atoms with van der Waals surface area (Å²) >= 11 is 0. The van der Waals surface area contributed by atoms with Crippen molar-refractivity contribution in [3.63, 3.8) is 0 Å². The molecule has 4 rings (SSSR count). The Balaban J connectivity index is 1.85. The quantitative estimate of drug-likeness (QED) is 0.317. The molecular weight excluding hydrogens is 401 g/mol. The molecule has 4 heteroatoms. The fourth-order valence-corrected chi connectivity index (χ4v) is 6.07. The Bertz CT molecular complexity index is 1160. The van der Waals surface area contributed by atoms with Gasteiger partial charge >= 0.3 is 0 Å². The standard InChI is InChI=1S/C27H24NO2P/c1-21-12-11-15-23(20-21)26(27(29)22-13-5-2-6-14-22)28-31(30,24-16-7-3-8-17-24)25-18-9-4-10-19-25/h2-20,26H,1H3,(H,28,30). The van der Waals surface area contributed by atoms with Gasteiger partial charge in [-0.05, 0) is 36.8 Å². The molecule has 0 spiro atoms. The number of benzene rings is 4. The third-order valence-electron chi connectivity index (χ3n) is 5.25. The van der Waals surface area contributed by atoms with Crippen molar-refractivity contribution in [2.75, 3.05) is 0 Å². The van der Waals surface area contributed by atoms with Crippen molar-refractivity contribution in [3.8, 4) is 0 Å². The van der Waals surface area contributed by atoms with Crippen molar-refractivity contribution < 1.29 is 9.36 Å². The highest BCUT2D eigenvalue weighted by molar-refractivity contribution is 7.77. The molecule has 1 atom stereocenters. The lowest BCUT2D eigenvalue weighted by atomic mass is 9.97. The highest BCUT2D eigenvalue weighted by atomic mass is 31.2. The number of Topliss-reactive ketones (excluding diaryl/α,β-unsaturated/α-hetero) is 1. The van der Waals surface area contributed by atoms with E-state index < -0.39 is 13.3 Å². The molecular formula is C27H24NO2P. The molecule has 0 aromatic heterocycles. The van der Waals surface area contributed by atoms with Gasteiger partial charge in [-0.3, -0.25) is 9.36 Å². The summed E-state index contributed by atoms with van der Waals surface area (Å²) in [6.45, 7) is 1.99. The zero-order valence-electron chi connectivity index (χ0n) is 17.3. The second-order valence-corrected chi connectivity index (χ2v) is 10.00. The minimum absolute atomic E-state index is 0.113. The van der Waals surface area contributed by atoms with Gasteiger partial charge in [-0.15, -0.1) is 0 Å². The zero-order chi connectivity index (χ0) is 21.7. The van der Waals surface area contributed by atoms with Gasteiger partial charge in [0.2, 0.25) is 7.29 Å². The Labute approximate surface area is 183 Å². The van der Waals surface area contributed by atoms with E-state index in [1.807, 2.05) is 110 Å². The molecule has 0 saturated heterocycles. The van der Waals surface area contributed by atoms with Crippen LogP contribution in [0.5, 0.6) is 0 Å². The van der Waals surface area contributed by atoms with Crippen molar-refractivity contribution in [1.82, 2.24) is 5.09 Å². The van der Waals surface area contributed by atoms with E-state index >= 15 is 0 Å².